The molecule has 1 aromatic rings. The molecule has 5 nitrogen and oxygen atoms in total. The Morgan fingerprint density at radius 3 is 3.00 bits per heavy atom. The van der Waals surface area contributed by atoms with E-state index >= 15 is 0 Å². The Labute approximate surface area is 102 Å². The largest absolute Gasteiger partial charge is 0.396 e. The molecule has 1 saturated heterocycles. The van der Waals surface area contributed by atoms with Gasteiger partial charge in [-0.2, -0.15) is 4.98 Å². The molecule has 2 rings (SSSR count). The summed E-state index contributed by atoms with van der Waals surface area (Å²) in [4.78, 5) is 6.65. The predicted molar refractivity (Wildman–Crippen MR) is 63.5 cm³/mol. The van der Waals surface area contributed by atoms with Crippen LogP contribution in [-0.2, 0) is 6.54 Å². The first kappa shape index (κ1) is 12.5. The Morgan fingerprint density at radius 2 is 2.35 bits per heavy atom. The van der Waals surface area contributed by atoms with E-state index in [1.807, 2.05) is 0 Å². The second kappa shape index (κ2) is 5.60. The van der Waals surface area contributed by atoms with Gasteiger partial charge in [-0.05, 0) is 25.3 Å². The molecule has 2 heterocycles. The Hall–Kier alpha value is -0.940. The smallest absolute Gasteiger partial charge is 0.240 e. The lowest BCUT2D eigenvalue weighted by Crippen LogP contribution is -2.36. The van der Waals surface area contributed by atoms with Crippen molar-refractivity contribution in [1.82, 2.24) is 15.0 Å². The van der Waals surface area contributed by atoms with Gasteiger partial charge in [0.15, 0.2) is 5.82 Å². The van der Waals surface area contributed by atoms with E-state index in [4.69, 9.17) is 4.52 Å². The quantitative estimate of drug-likeness (QED) is 0.860. The normalized spacial score (nSPS) is 22.2. The molecule has 0 spiro atoms. The maximum absolute atomic E-state index is 9.17. The van der Waals surface area contributed by atoms with Gasteiger partial charge in [0.05, 0.1) is 6.54 Å². The molecule has 1 fully saturated rings. The van der Waals surface area contributed by atoms with Crippen molar-refractivity contribution in [2.24, 2.45) is 5.92 Å². The summed E-state index contributed by atoms with van der Waals surface area (Å²) >= 11 is 0. The van der Waals surface area contributed by atoms with Crippen LogP contribution in [0.3, 0.4) is 0 Å². The lowest BCUT2D eigenvalue weighted by molar-refractivity contribution is 0.107. The Balaban J connectivity index is 1.91. The maximum Gasteiger partial charge on any atom is 0.240 e. The number of aromatic nitrogens is 2. The SMILES string of the molecule is CC(C)c1noc(CN2CCC[C@H](CO)C2)n1. The summed E-state index contributed by atoms with van der Waals surface area (Å²) in [5, 5.41) is 13.1. The van der Waals surface area contributed by atoms with Crippen LogP contribution in [-0.4, -0.2) is 39.8 Å². The van der Waals surface area contributed by atoms with E-state index in [1.54, 1.807) is 0 Å². The van der Waals surface area contributed by atoms with Crippen molar-refractivity contribution in [2.45, 2.75) is 39.2 Å². The molecule has 17 heavy (non-hydrogen) atoms. The lowest BCUT2D eigenvalue weighted by atomic mass is 9.99. The highest BCUT2D eigenvalue weighted by Crippen LogP contribution is 2.18. The molecule has 5 heteroatoms. The minimum atomic E-state index is 0.275. The van der Waals surface area contributed by atoms with E-state index in [9.17, 15) is 5.11 Å². The molecule has 0 aromatic carbocycles. The van der Waals surface area contributed by atoms with E-state index in [-0.39, 0.29) is 6.61 Å². The van der Waals surface area contributed by atoms with Crippen LogP contribution in [0.15, 0.2) is 4.52 Å². The van der Waals surface area contributed by atoms with Crippen molar-refractivity contribution in [1.29, 1.82) is 0 Å². The summed E-state index contributed by atoms with van der Waals surface area (Å²) in [6.45, 7) is 7.06. The van der Waals surface area contributed by atoms with Gasteiger partial charge >= 0.3 is 0 Å². The van der Waals surface area contributed by atoms with Gasteiger partial charge in [-0.15, -0.1) is 0 Å². The average Bonchev–Trinajstić information content (AvgIpc) is 2.78. The maximum atomic E-state index is 9.17. The van der Waals surface area contributed by atoms with Crippen LogP contribution >= 0.6 is 0 Å². The van der Waals surface area contributed by atoms with E-state index in [0.29, 0.717) is 24.3 Å². The first-order valence-corrected chi connectivity index (χ1v) is 6.34. The summed E-state index contributed by atoms with van der Waals surface area (Å²) in [5.74, 6) is 2.17. The molecule has 1 aliphatic rings. The summed E-state index contributed by atoms with van der Waals surface area (Å²) < 4.78 is 5.23. The third kappa shape index (κ3) is 3.26. The van der Waals surface area contributed by atoms with Crippen LogP contribution in [0.25, 0.3) is 0 Å². The first-order chi connectivity index (χ1) is 8.19. The molecule has 1 atom stereocenters. The number of rotatable bonds is 4. The number of piperidine rings is 1. The molecule has 1 N–H and O–H groups in total. The number of nitrogens with zero attached hydrogens (tertiary/aromatic N) is 3. The van der Waals surface area contributed by atoms with Crippen molar-refractivity contribution in [3.05, 3.63) is 11.7 Å². The molecule has 0 bridgehead atoms. The van der Waals surface area contributed by atoms with Crippen molar-refractivity contribution < 1.29 is 9.63 Å². The highest BCUT2D eigenvalue weighted by molar-refractivity contribution is 4.92. The molecular weight excluding hydrogens is 218 g/mol. The number of aliphatic hydroxyl groups is 1. The third-order valence-corrected chi connectivity index (χ3v) is 3.22. The zero-order valence-corrected chi connectivity index (χ0v) is 10.6. The number of hydrogen-bond acceptors (Lipinski definition) is 5. The van der Waals surface area contributed by atoms with Crippen molar-refractivity contribution in [2.75, 3.05) is 19.7 Å². The Morgan fingerprint density at radius 1 is 1.53 bits per heavy atom. The van der Waals surface area contributed by atoms with Crippen LogP contribution < -0.4 is 0 Å². The minimum Gasteiger partial charge on any atom is -0.396 e. The molecule has 1 aliphatic heterocycles. The highest BCUT2D eigenvalue weighted by Gasteiger charge is 2.21. The standard InChI is InChI=1S/C12H21N3O2/c1-9(2)12-13-11(17-14-12)7-15-5-3-4-10(6-15)8-16/h9-10,16H,3-8H2,1-2H3/t10-/m0/s1. The molecule has 0 saturated carbocycles. The van der Waals surface area contributed by atoms with Gasteiger partial charge in [-0.3, -0.25) is 4.90 Å². The lowest BCUT2D eigenvalue weighted by Gasteiger charge is -2.30. The fourth-order valence-corrected chi connectivity index (χ4v) is 2.20. The summed E-state index contributed by atoms with van der Waals surface area (Å²) in [6, 6.07) is 0. The van der Waals surface area contributed by atoms with Crippen LogP contribution in [0, 0.1) is 5.92 Å². The van der Waals surface area contributed by atoms with Crippen molar-refractivity contribution in [3.8, 4) is 0 Å². The molecular formula is C12H21N3O2. The van der Waals surface area contributed by atoms with Gasteiger partial charge in [0.1, 0.15) is 0 Å². The summed E-state index contributed by atoms with van der Waals surface area (Å²) in [7, 11) is 0. The van der Waals surface area contributed by atoms with Gasteiger partial charge in [-0.25, -0.2) is 0 Å². The van der Waals surface area contributed by atoms with Crippen LogP contribution in [0.1, 0.15) is 44.3 Å². The van der Waals surface area contributed by atoms with E-state index in [1.165, 1.54) is 0 Å². The van der Waals surface area contributed by atoms with Gasteiger partial charge < -0.3 is 9.63 Å². The molecule has 0 unspecified atom stereocenters. The van der Waals surface area contributed by atoms with Gasteiger partial charge in [-0.1, -0.05) is 19.0 Å². The zero-order valence-electron chi connectivity index (χ0n) is 10.6. The first-order valence-electron chi connectivity index (χ1n) is 6.34. The molecule has 0 aliphatic carbocycles. The molecule has 0 amide bonds. The number of hydrogen-bond donors (Lipinski definition) is 1. The monoisotopic (exact) mass is 239 g/mol. The topological polar surface area (TPSA) is 62.4 Å². The second-order valence-electron chi connectivity index (χ2n) is 5.13. The van der Waals surface area contributed by atoms with Crippen molar-refractivity contribution >= 4 is 0 Å². The average molecular weight is 239 g/mol. The fraction of sp³-hybridized carbons (Fsp3) is 0.833. The van der Waals surface area contributed by atoms with E-state index in [0.717, 1.165) is 31.8 Å². The predicted octanol–water partition coefficient (Wildman–Crippen LogP) is 1.40. The van der Waals surface area contributed by atoms with Crippen molar-refractivity contribution in [3.63, 3.8) is 0 Å². The van der Waals surface area contributed by atoms with E-state index in [2.05, 4.69) is 28.9 Å². The van der Waals surface area contributed by atoms with Gasteiger partial charge in [0.2, 0.25) is 5.89 Å². The third-order valence-electron chi connectivity index (χ3n) is 3.22. The minimum absolute atomic E-state index is 0.275. The number of aliphatic hydroxyl groups excluding tert-OH is 1. The highest BCUT2D eigenvalue weighted by atomic mass is 16.5. The number of likely N-dealkylation sites (tertiary alicyclic amines) is 1. The Kier molecular flexibility index (Phi) is 4.12. The summed E-state index contributed by atoms with van der Waals surface area (Å²) in [5.41, 5.74) is 0. The van der Waals surface area contributed by atoms with Gasteiger partial charge in [0.25, 0.3) is 0 Å². The molecule has 1 aromatic heterocycles. The van der Waals surface area contributed by atoms with Crippen LogP contribution in [0.5, 0.6) is 0 Å². The molecule has 96 valence electrons. The van der Waals surface area contributed by atoms with Crippen LogP contribution in [0.4, 0.5) is 0 Å². The van der Waals surface area contributed by atoms with Gasteiger partial charge in [0, 0.05) is 19.1 Å². The van der Waals surface area contributed by atoms with E-state index < -0.39 is 0 Å². The fourth-order valence-electron chi connectivity index (χ4n) is 2.20. The molecule has 0 radical (unpaired) electrons. The zero-order chi connectivity index (χ0) is 12.3. The summed E-state index contributed by atoms with van der Waals surface area (Å²) in [6.07, 6.45) is 2.25. The van der Waals surface area contributed by atoms with Crippen LogP contribution in [0.2, 0.25) is 0 Å². The Bertz CT molecular complexity index is 351. The second-order valence-corrected chi connectivity index (χ2v) is 5.13.